The lowest BCUT2D eigenvalue weighted by Crippen LogP contribution is -2.41. The fraction of sp³-hybridized carbons (Fsp3) is 0.238. The summed E-state index contributed by atoms with van der Waals surface area (Å²) in [6.07, 6.45) is 0. The number of hydrogen-bond donors (Lipinski definition) is 1. The van der Waals surface area contributed by atoms with Crippen molar-refractivity contribution in [1.82, 2.24) is 10.2 Å². The van der Waals surface area contributed by atoms with Crippen LogP contribution in [-0.4, -0.2) is 36.6 Å². The SMILES string of the molecule is CC1(c2ccc3c(c2)OCCO3)NC(=O)N(CC#Cc2ccc(Cl)cc2)C1=O. The second kappa shape index (κ2) is 7.10. The summed E-state index contributed by atoms with van der Waals surface area (Å²) in [6.45, 7) is 2.60. The Morgan fingerprint density at radius 1 is 1.11 bits per heavy atom. The largest absolute Gasteiger partial charge is 0.486 e. The van der Waals surface area contributed by atoms with Gasteiger partial charge in [-0.2, -0.15) is 0 Å². The topological polar surface area (TPSA) is 67.9 Å². The van der Waals surface area contributed by atoms with Gasteiger partial charge in [-0.1, -0.05) is 29.5 Å². The van der Waals surface area contributed by atoms with Crippen LogP contribution in [0.4, 0.5) is 4.79 Å². The van der Waals surface area contributed by atoms with E-state index in [2.05, 4.69) is 17.2 Å². The van der Waals surface area contributed by atoms with Crippen molar-refractivity contribution < 1.29 is 19.1 Å². The molecule has 1 N–H and O–H groups in total. The van der Waals surface area contributed by atoms with Gasteiger partial charge in [-0.25, -0.2) is 4.79 Å². The van der Waals surface area contributed by atoms with Crippen LogP contribution >= 0.6 is 11.6 Å². The minimum Gasteiger partial charge on any atom is -0.486 e. The average molecular weight is 397 g/mol. The molecule has 3 amide bonds. The van der Waals surface area contributed by atoms with Crippen molar-refractivity contribution in [3.63, 3.8) is 0 Å². The Morgan fingerprint density at radius 2 is 1.82 bits per heavy atom. The summed E-state index contributed by atoms with van der Waals surface area (Å²) in [5.74, 6) is 6.63. The predicted molar refractivity (Wildman–Crippen MR) is 103 cm³/mol. The van der Waals surface area contributed by atoms with E-state index in [1.54, 1.807) is 49.4 Å². The zero-order valence-electron chi connectivity index (χ0n) is 15.1. The number of hydrogen-bond acceptors (Lipinski definition) is 4. The van der Waals surface area contributed by atoms with E-state index in [1.807, 2.05) is 0 Å². The lowest BCUT2D eigenvalue weighted by Gasteiger charge is -2.25. The zero-order chi connectivity index (χ0) is 19.7. The van der Waals surface area contributed by atoms with Crippen LogP contribution in [0, 0.1) is 11.8 Å². The molecule has 1 atom stereocenters. The fourth-order valence-electron chi connectivity index (χ4n) is 3.14. The molecule has 0 saturated carbocycles. The van der Waals surface area contributed by atoms with Gasteiger partial charge in [-0.05, 0) is 48.9 Å². The van der Waals surface area contributed by atoms with Gasteiger partial charge in [-0.3, -0.25) is 9.69 Å². The van der Waals surface area contributed by atoms with Gasteiger partial charge in [0.05, 0.1) is 6.54 Å². The third kappa shape index (κ3) is 3.25. The second-order valence-electron chi connectivity index (χ2n) is 6.61. The van der Waals surface area contributed by atoms with Gasteiger partial charge in [0.2, 0.25) is 0 Å². The first-order valence-corrected chi connectivity index (χ1v) is 9.14. The maximum absolute atomic E-state index is 13.0. The Morgan fingerprint density at radius 3 is 2.57 bits per heavy atom. The van der Waals surface area contributed by atoms with E-state index >= 15 is 0 Å². The number of nitrogens with one attached hydrogen (secondary N) is 1. The van der Waals surface area contributed by atoms with Crippen molar-refractivity contribution in [3.8, 4) is 23.3 Å². The molecule has 0 radical (unpaired) electrons. The van der Waals surface area contributed by atoms with Crippen LogP contribution in [-0.2, 0) is 10.3 Å². The van der Waals surface area contributed by atoms with Crippen LogP contribution in [0.1, 0.15) is 18.1 Å². The highest BCUT2D eigenvalue weighted by molar-refractivity contribution is 6.30. The van der Waals surface area contributed by atoms with Gasteiger partial charge >= 0.3 is 6.03 Å². The Hall–Kier alpha value is -3.17. The van der Waals surface area contributed by atoms with Crippen molar-refractivity contribution in [2.45, 2.75) is 12.5 Å². The molecule has 1 saturated heterocycles. The molecule has 2 heterocycles. The monoisotopic (exact) mass is 396 g/mol. The number of nitrogens with zero attached hydrogens (tertiary/aromatic N) is 1. The molecule has 0 bridgehead atoms. The highest BCUT2D eigenvalue weighted by Crippen LogP contribution is 2.36. The van der Waals surface area contributed by atoms with Crippen LogP contribution in [0.2, 0.25) is 5.02 Å². The molecule has 6 nitrogen and oxygen atoms in total. The van der Waals surface area contributed by atoms with Crippen molar-refractivity contribution in [2.75, 3.05) is 19.8 Å². The standard InChI is InChI=1S/C21H17ClN2O4/c1-21(15-6-9-17-18(13-15)28-12-11-27-17)19(25)24(20(26)23-21)10-2-3-14-4-7-16(22)8-5-14/h4-9,13H,10-12H2,1H3,(H,23,26). The maximum Gasteiger partial charge on any atom is 0.326 e. The Balaban J connectivity index is 1.54. The number of ether oxygens (including phenoxy) is 2. The van der Waals surface area contributed by atoms with Crippen molar-refractivity contribution in [3.05, 3.63) is 58.6 Å². The molecule has 0 aromatic heterocycles. The molecule has 2 aliphatic heterocycles. The molecule has 2 aromatic carbocycles. The molecular weight excluding hydrogens is 380 g/mol. The normalized spacial score (nSPS) is 20.4. The highest BCUT2D eigenvalue weighted by atomic mass is 35.5. The van der Waals surface area contributed by atoms with E-state index in [0.29, 0.717) is 35.3 Å². The molecule has 0 aliphatic carbocycles. The van der Waals surface area contributed by atoms with Crippen LogP contribution in [0.3, 0.4) is 0 Å². The van der Waals surface area contributed by atoms with Crippen molar-refractivity contribution in [2.24, 2.45) is 0 Å². The first kappa shape index (κ1) is 18.2. The zero-order valence-corrected chi connectivity index (χ0v) is 15.9. The number of fused-ring (bicyclic) bond motifs is 1. The lowest BCUT2D eigenvalue weighted by atomic mass is 9.91. The third-order valence-corrected chi connectivity index (χ3v) is 4.96. The van der Waals surface area contributed by atoms with Crippen molar-refractivity contribution in [1.29, 1.82) is 0 Å². The number of carbonyl (C=O) groups excluding carboxylic acids is 2. The Kier molecular flexibility index (Phi) is 4.62. The molecule has 4 rings (SSSR count). The van der Waals surface area contributed by atoms with E-state index in [-0.39, 0.29) is 12.5 Å². The molecule has 7 heteroatoms. The summed E-state index contributed by atoms with van der Waals surface area (Å²) < 4.78 is 11.1. The van der Waals surface area contributed by atoms with Crippen LogP contribution in [0.15, 0.2) is 42.5 Å². The number of carbonyl (C=O) groups is 2. The summed E-state index contributed by atoms with van der Waals surface area (Å²) >= 11 is 5.85. The van der Waals surface area contributed by atoms with E-state index in [1.165, 1.54) is 0 Å². The molecule has 2 aliphatic rings. The Bertz CT molecular complexity index is 1010. The highest BCUT2D eigenvalue weighted by Gasteiger charge is 2.49. The van der Waals surface area contributed by atoms with E-state index in [0.717, 1.165) is 10.5 Å². The summed E-state index contributed by atoms with van der Waals surface area (Å²) in [5.41, 5.74) is 0.198. The smallest absolute Gasteiger partial charge is 0.326 e. The van der Waals surface area contributed by atoms with Gasteiger partial charge in [0.25, 0.3) is 5.91 Å². The van der Waals surface area contributed by atoms with Crippen LogP contribution in [0.5, 0.6) is 11.5 Å². The summed E-state index contributed by atoms with van der Waals surface area (Å²) in [7, 11) is 0. The van der Waals surface area contributed by atoms with Crippen LogP contribution in [0.25, 0.3) is 0 Å². The first-order chi connectivity index (χ1) is 13.5. The number of urea groups is 1. The van der Waals surface area contributed by atoms with Crippen molar-refractivity contribution >= 4 is 23.5 Å². The second-order valence-corrected chi connectivity index (χ2v) is 7.05. The number of amides is 3. The lowest BCUT2D eigenvalue weighted by molar-refractivity contribution is -0.130. The number of halogens is 1. The number of rotatable bonds is 2. The summed E-state index contributed by atoms with van der Waals surface area (Å²) in [6, 6.07) is 11.8. The molecule has 2 aromatic rings. The minimum absolute atomic E-state index is 0.00651. The van der Waals surface area contributed by atoms with E-state index in [4.69, 9.17) is 21.1 Å². The summed E-state index contributed by atoms with van der Waals surface area (Å²) in [5, 5.41) is 3.39. The maximum atomic E-state index is 13.0. The van der Waals surface area contributed by atoms with Crippen LogP contribution < -0.4 is 14.8 Å². The first-order valence-electron chi connectivity index (χ1n) is 8.76. The number of imide groups is 1. The molecule has 142 valence electrons. The van der Waals surface area contributed by atoms with E-state index in [9.17, 15) is 9.59 Å². The molecule has 1 unspecified atom stereocenters. The molecule has 1 fully saturated rings. The van der Waals surface area contributed by atoms with Gasteiger partial charge in [0.15, 0.2) is 11.5 Å². The average Bonchev–Trinajstić information content (AvgIpc) is 2.93. The van der Waals surface area contributed by atoms with E-state index < -0.39 is 11.6 Å². The minimum atomic E-state index is -1.19. The predicted octanol–water partition coefficient (Wildman–Crippen LogP) is 2.93. The fourth-order valence-corrected chi connectivity index (χ4v) is 3.27. The summed E-state index contributed by atoms with van der Waals surface area (Å²) in [4.78, 5) is 26.5. The molecular formula is C21H17ClN2O4. The quantitative estimate of drug-likeness (QED) is 0.626. The number of benzene rings is 2. The molecule has 0 spiro atoms. The Labute approximate surface area is 167 Å². The third-order valence-electron chi connectivity index (χ3n) is 4.71. The van der Waals surface area contributed by atoms with Gasteiger partial charge in [0.1, 0.15) is 18.8 Å². The van der Waals surface area contributed by atoms with Gasteiger partial charge in [-0.15, -0.1) is 0 Å². The molecule has 28 heavy (non-hydrogen) atoms. The van der Waals surface area contributed by atoms with Gasteiger partial charge in [0, 0.05) is 10.6 Å². The van der Waals surface area contributed by atoms with Gasteiger partial charge < -0.3 is 14.8 Å².